The van der Waals surface area contributed by atoms with E-state index in [4.69, 9.17) is 9.47 Å². The molecule has 0 amide bonds. The molecule has 1 fully saturated rings. The number of rotatable bonds is 7. The van der Waals surface area contributed by atoms with Crippen LogP contribution >= 0.6 is 0 Å². The van der Waals surface area contributed by atoms with Gasteiger partial charge in [0.05, 0.1) is 28.8 Å². The van der Waals surface area contributed by atoms with E-state index in [1.165, 1.54) is 0 Å². The fraction of sp³-hybridized carbons (Fsp3) is 0.667. The van der Waals surface area contributed by atoms with E-state index in [1.807, 2.05) is 49.3 Å². The van der Waals surface area contributed by atoms with Crippen LogP contribution in [0.3, 0.4) is 0 Å². The number of methoxy groups -OCH3 is 1. The Morgan fingerprint density at radius 2 is 1.89 bits per heavy atom. The van der Waals surface area contributed by atoms with Crippen LogP contribution in [0.25, 0.3) is 0 Å². The van der Waals surface area contributed by atoms with Gasteiger partial charge in [-0.15, -0.1) is 0 Å². The van der Waals surface area contributed by atoms with E-state index in [0.717, 1.165) is 17.7 Å². The Kier molecular flexibility index (Phi) is 7.46. The van der Waals surface area contributed by atoms with E-state index < -0.39 is 11.0 Å². The minimum atomic E-state index is -1.13. The second-order valence-electron chi connectivity index (χ2n) is 8.55. The van der Waals surface area contributed by atoms with Gasteiger partial charge in [0.15, 0.2) is 0 Å². The molecular formula is C21H33NO4S. The van der Waals surface area contributed by atoms with Gasteiger partial charge in [-0.05, 0) is 57.2 Å². The van der Waals surface area contributed by atoms with Crippen LogP contribution < -0.4 is 4.74 Å². The highest BCUT2D eigenvalue weighted by atomic mass is 32.2. The van der Waals surface area contributed by atoms with Gasteiger partial charge in [0.2, 0.25) is 0 Å². The Balaban J connectivity index is 2.05. The molecule has 2 rings (SSSR count). The molecule has 1 saturated heterocycles. The molecule has 27 heavy (non-hydrogen) atoms. The van der Waals surface area contributed by atoms with Crippen LogP contribution in [-0.2, 0) is 27.1 Å². The molecule has 6 heteroatoms. The second-order valence-corrected chi connectivity index (χ2v) is 10.7. The molecule has 5 nitrogen and oxygen atoms in total. The van der Waals surface area contributed by atoms with E-state index in [1.54, 1.807) is 7.11 Å². The molecule has 0 saturated carbocycles. The number of nitrogens with zero attached hydrogens (tertiary/aromatic N) is 1. The van der Waals surface area contributed by atoms with Crippen molar-refractivity contribution in [3.05, 3.63) is 29.8 Å². The van der Waals surface area contributed by atoms with Crippen molar-refractivity contribution in [2.24, 2.45) is 11.8 Å². The topological polar surface area (TPSA) is 55.8 Å². The largest absolute Gasteiger partial charge is 0.497 e. The summed E-state index contributed by atoms with van der Waals surface area (Å²) < 4.78 is 25.4. The van der Waals surface area contributed by atoms with Gasteiger partial charge in [-0.3, -0.25) is 4.79 Å². The molecule has 1 aromatic carbocycles. The Labute approximate surface area is 166 Å². The van der Waals surface area contributed by atoms with Gasteiger partial charge in [-0.25, -0.2) is 8.51 Å². The van der Waals surface area contributed by atoms with Crippen molar-refractivity contribution in [1.82, 2.24) is 4.31 Å². The maximum Gasteiger partial charge on any atom is 0.310 e. The molecule has 1 aliphatic heterocycles. The van der Waals surface area contributed by atoms with Crippen LogP contribution in [0.15, 0.2) is 24.3 Å². The first-order valence-electron chi connectivity index (χ1n) is 9.61. The van der Waals surface area contributed by atoms with Gasteiger partial charge < -0.3 is 9.47 Å². The molecule has 1 heterocycles. The number of hydrogen-bond acceptors (Lipinski definition) is 4. The molecule has 152 valence electrons. The smallest absolute Gasteiger partial charge is 0.310 e. The SMILES string of the molecule is COc1ccc(COC(=O)[C@H]2CCN([S@](=O)C(C)(C)C)[C@@H]2CC(C)C)cc1. The summed E-state index contributed by atoms with van der Waals surface area (Å²) in [6.45, 7) is 11.1. The predicted octanol–water partition coefficient (Wildman–Crippen LogP) is 3.94. The van der Waals surface area contributed by atoms with Gasteiger partial charge in [0.25, 0.3) is 0 Å². The van der Waals surface area contributed by atoms with Gasteiger partial charge in [0.1, 0.15) is 12.4 Å². The Morgan fingerprint density at radius 3 is 2.41 bits per heavy atom. The normalized spacial score (nSPS) is 22.0. The lowest BCUT2D eigenvalue weighted by Gasteiger charge is -2.32. The number of carbonyl (C=O) groups excluding carboxylic acids is 1. The summed E-state index contributed by atoms with van der Waals surface area (Å²) in [6.07, 6.45) is 1.53. The summed E-state index contributed by atoms with van der Waals surface area (Å²) in [5.41, 5.74) is 0.928. The standard InChI is InChI=1S/C21H33NO4S/c1-15(2)13-19-18(11-12-22(19)27(24)21(3,4)5)20(23)26-14-16-7-9-17(25-6)10-8-16/h7-10,15,18-19H,11-14H2,1-6H3/t18-,19+,27+/m0/s1. The van der Waals surface area contributed by atoms with Gasteiger partial charge in [-0.2, -0.15) is 0 Å². The van der Waals surface area contributed by atoms with Crippen molar-refractivity contribution in [3.63, 3.8) is 0 Å². The molecule has 0 radical (unpaired) electrons. The summed E-state index contributed by atoms with van der Waals surface area (Å²) >= 11 is 0. The second kappa shape index (κ2) is 9.20. The minimum absolute atomic E-state index is 0.0339. The molecule has 0 N–H and O–H groups in total. The Morgan fingerprint density at radius 1 is 1.26 bits per heavy atom. The van der Waals surface area contributed by atoms with Crippen LogP contribution in [0, 0.1) is 11.8 Å². The number of benzene rings is 1. The van der Waals surface area contributed by atoms with Crippen LogP contribution in [0.2, 0.25) is 0 Å². The molecule has 1 aliphatic rings. The zero-order chi connectivity index (χ0) is 20.2. The lowest BCUT2D eigenvalue weighted by molar-refractivity contribution is -0.150. The van der Waals surface area contributed by atoms with Gasteiger partial charge >= 0.3 is 5.97 Å². The van der Waals surface area contributed by atoms with Crippen LogP contribution in [0.5, 0.6) is 5.75 Å². The number of carbonyl (C=O) groups is 1. The van der Waals surface area contributed by atoms with Crippen molar-refractivity contribution in [3.8, 4) is 5.75 Å². The quantitative estimate of drug-likeness (QED) is 0.656. The van der Waals surface area contributed by atoms with Crippen molar-refractivity contribution < 1.29 is 18.5 Å². The highest BCUT2D eigenvalue weighted by Crippen LogP contribution is 2.34. The molecule has 0 bridgehead atoms. The minimum Gasteiger partial charge on any atom is -0.497 e. The number of ether oxygens (including phenoxy) is 2. The zero-order valence-corrected chi connectivity index (χ0v) is 18.2. The van der Waals surface area contributed by atoms with Crippen molar-refractivity contribution in [1.29, 1.82) is 0 Å². The predicted molar refractivity (Wildman–Crippen MR) is 109 cm³/mol. The first-order valence-corrected chi connectivity index (χ1v) is 10.7. The van der Waals surface area contributed by atoms with Crippen LogP contribution in [-0.4, -0.2) is 38.9 Å². The maximum absolute atomic E-state index is 12.9. The molecule has 0 aliphatic carbocycles. The Bertz CT molecular complexity index is 651. The molecule has 0 aromatic heterocycles. The maximum atomic E-state index is 12.9. The highest BCUT2D eigenvalue weighted by molar-refractivity contribution is 7.84. The summed E-state index contributed by atoms with van der Waals surface area (Å²) in [4.78, 5) is 12.8. The molecule has 0 spiro atoms. The van der Waals surface area contributed by atoms with E-state index in [9.17, 15) is 9.00 Å². The first-order chi connectivity index (χ1) is 12.6. The van der Waals surface area contributed by atoms with Crippen LogP contribution in [0.4, 0.5) is 0 Å². The number of esters is 1. The van der Waals surface area contributed by atoms with E-state index >= 15 is 0 Å². The van der Waals surface area contributed by atoms with E-state index in [0.29, 0.717) is 18.9 Å². The molecule has 1 aromatic rings. The van der Waals surface area contributed by atoms with E-state index in [2.05, 4.69) is 13.8 Å². The van der Waals surface area contributed by atoms with Gasteiger partial charge in [-0.1, -0.05) is 26.0 Å². The molecule has 3 atom stereocenters. The van der Waals surface area contributed by atoms with Crippen molar-refractivity contribution in [2.75, 3.05) is 13.7 Å². The zero-order valence-electron chi connectivity index (χ0n) is 17.4. The van der Waals surface area contributed by atoms with Crippen molar-refractivity contribution >= 4 is 17.0 Å². The summed E-state index contributed by atoms with van der Waals surface area (Å²) in [5, 5.41) is 0. The third-order valence-electron chi connectivity index (χ3n) is 4.79. The summed E-state index contributed by atoms with van der Waals surface area (Å²) in [7, 11) is 0.494. The molecular weight excluding hydrogens is 362 g/mol. The summed E-state index contributed by atoms with van der Waals surface area (Å²) in [5.74, 6) is 0.782. The number of hydrogen-bond donors (Lipinski definition) is 0. The first kappa shape index (κ1) is 21.9. The average molecular weight is 396 g/mol. The third kappa shape index (κ3) is 5.79. The Hall–Kier alpha value is -1.40. The fourth-order valence-corrected chi connectivity index (χ4v) is 4.86. The van der Waals surface area contributed by atoms with Crippen LogP contribution in [0.1, 0.15) is 53.0 Å². The third-order valence-corrected chi connectivity index (χ3v) is 6.71. The monoisotopic (exact) mass is 395 g/mol. The lowest BCUT2D eigenvalue weighted by atomic mass is 9.93. The van der Waals surface area contributed by atoms with Gasteiger partial charge in [0, 0.05) is 12.6 Å². The van der Waals surface area contributed by atoms with E-state index in [-0.39, 0.29) is 29.3 Å². The van der Waals surface area contributed by atoms with Crippen molar-refractivity contribution in [2.45, 2.75) is 64.9 Å². The molecule has 0 unspecified atom stereocenters. The highest BCUT2D eigenvalue weighted by Gasteiger charge is 2.44. The summed E-state index contributed by atoms with van der Waals surface area (Å²) in [6, 6.07) is 7.47. The fourth-order valence-electron chi connectivity index (χ4n) is 3.41. The average Bonchev–Trinajstić information content (AvgIpc) is 3.01. The lowest BCUT2D eigenvalue weighted by Crippen LogP contribution is -2.44.